The van der Waals surface area contributed by atoms with Gasteiger partial charge >= 0.3 is 4.87 Å². The highest BCUT2D eigenvalue weighted by Gasteiger charge is 2.69. The number of nitrogens with zero attached hydrogens (tertiary/aromatic N) is 1. The van der Waals surface area contributed by atoms with Gasteiger partial charge in [-0.2, -0.15) is 0 Å². The molecule has 1 saturated heterocycles. The first-order valence-corrected chi connectivity index (χ1v) is 17.4. The summed E-state index contributed by atoms with van der Waals surface area (Å²) in [6.07, 6.45) is 0.757. The lowest BCUT2D eigenvalue weighted by Crippen LogP contribution is -2.42. The Hall–Kier alpha value is -3.57. The quantitative estimate of drug-likeness (QED) is 0.217. The summed E-state index contributed by atoms with van der Waals surface area (Å²) in [4.78, 5) is 58.6. The number of ether oxygens (including phenoxy) is 1. The van der Waals surface area contributed by atoms with Crippen molar-refractivity contribution in [1.82, 2.24) is 4.98 Å². The van der Waals surface area contributed by atoms with Crippen LogP contribution in [-0.2, 0) is 14.4 Å². The average molecular weight is 693 g/mol. The number of thioether (sulfide) groups is 1. The lowest BCUT2D eigenvalue weighted by atomic mass is 9.68. The molecule has 3 aromatic carbocycles. The molecule has 3 fully saturated rings. The first kappa shape index (κ1) is 29.8. The number of aryl methyl sites for hydroxylation is 1. The van der Waals surface area contributed by atoms with E-state index in [2.05, 4.69) is 10.3 Å². The normalized spacial score (nSPS) is 27.4. The van der Waals surface area contributed by atoms with Gasteiger partial charge in [0.1, 0.15) is 5.75 Å². The third-order valence-corrected chi connectivity index (χ3v) is 12.9. The van der Waals surface area contributed by atoms with Gasteiger partial charge in [-0.15, -0.1) is 11.8 Å². The molecule has 0 radical (unpaired) electrons. The molecule has 12 heteroatoms. The van der Waals surface area contributed by atoms with E-state index < -0.39 is 11.8 Å². The maximum atomic E-state index is 14.1. The van der Waals surface area contributed by atoms with E-state index in [0.717, 1.165) is 38.8 Å². The second-order valence-corrected chi connectivity index (χ2v) is 15.4. The summed E-state index contributed by atoms with van der Waals surface area (Å²) in [7, 11) is 0. The van der Waals surface area contributed by atoms with Crippen LogP contribution in [0.2, 0.25) is 10.0 Å². The maximum absolute atomic E-state index is 14.1. The highest BCUT2D eigenvalue weighted by Crippen LogP contribution is 2.69. The lowest BCUT2D eigenvalue weighted by Gasteiger charge is -2.43. The molecule has 0 spiro atoms. The van der Waals surface area contributed by atoms with Crippen LogP contribution < -0.4 is 19.8 Å². The Morgan fingerprint density at radius 3 is 2.39 bits per heavy atom. The number of H-pyrrole nitrogens is 1. The Kier molecular flexibility index (Phi) is 7.32. The van der Waals surface area contributed by atoms with Gasteiger partial charge in [-0.25, -0.2) is 0 Å². The van der Waals surface area contributed by atoms with E-state index >= 15 is 0 Å². The van der Waals surface area contributed by atoms with Crippen molar-refractivity contribution in [2.24, 2.45) is 29.6 Å². The fourth-order valence-corrected chi connectivity index (χ4v) is 11.3. The van der Waals surface area contributed by atoms with Crippen LogP contribution in [0.3, 0.4) is 0 Å². The first-order chi connectivity index (χ1) is 22.2. The Labute approximate surface area is 282 Å². The minimum atomic E-state index is -0.436. The van der Waals surface area contributed by atoms with E-state index in [1.807, 2.05) is 37.3 Å². The molecule has 2 aliphatic carbocycles. The fraction of sp³-hybridized carbons (Fsp3) is 0.294. The number of hydrogen-bond acceptors (Lipinski definition) is 7. The molecule has 4 aliphatic rings. The maximum Gasteiger partial charge on any atom is 0.305 e. The zero-order valence-electron chi connectivity index (χ0n) is 24.4. The molecular weight excluding hydrogens is 665 g/mol. The zero-order chi connectivity index (χ0) is 31.9. The summed E-state index contributed by atoms with van der Waals surface area (Å²) in [5.74, 6) is -1.44. The topological polar surface area (TPSA) is 109 Å². The van der Waals surface area contributed by atoms with Gasteiger partial charge in [0.05, 0.1) is 22.5 Å². The predicted octanol–water partition coefficient (Wildman–Crippen LogP) is 6.75. The number of carbonyl (C=O) groups is 3. The number of rotatable bonds is 6. The molecular formula is C34H27Cl2N3O5S2. The van der Waals surface area contributed by atoms with Crippen LogP contribution >= 0.6 is 46.3 Å². The van der Waals surface area contributed by atoms with Crippen LogP contribution in [0.5, 0.6) is 5.75 Å². The van der Waals surface area contributed by atoms with Gasteiger partial charge < -0.3 is 15.0 Å². The second kappa shape index (κ2) is 11.3. The van der Waals surface area contributed by atoms with Crippen molar-refractivity contribution in [3.63, 3.8) is 0 Å². The molecule has 3 amide bonds. The third kappa shape index (κ3) is 4.80. The summed E-state index contributed by atoms with van der Waals surface area (Å²) in [6, 6.07) is 19.6. The molecule has 2 bridgehead atoms. The molecule has 4 aromatic rings. The zero-order valence-corrected chi connectivity index (χ0v) is 27.5. The van der Waals surface area contributed by atoms with Crippen LogP contribution in [0.1, 0.15) is 28.3 Å². The smallest absolute Gasteiger partial charge is 0.305 e. The number of nitrogens with one attached hydrogen (secondary N) is 2. The molecule has 2 N–H and O–H groups in total. The van der Waals surface area contributed by atoms with E-state index in [4.69, 9.17) is 27.9 Å². The second-order valence-electron chi connectivity index (χ2n) is 12.3. The molecule has 234 valence electrons. The summed E-state index contributed by atoms with van der Waals surface area (Å²) in [6.45, 7) is 1.72. The van der Waals surface area contributed by atoms with Gasteiger partial charge in [-0.1, -0.05) is 52.2 Å². The number of thiazole rings is 1. The number of aromatic nitrogens is 1. The molecule has 3 heterocycles. The number of aromatic amines is 1. The highest BCUT2D eigenvalue weighted by atomic mass is 35.5. The third-order valence-electron chi connectivity index (χ3n) is 9.81. The SMILES string of the molecule is Cc1ccc(N2C(=O)C3C4CC(C3C2=O)C2C4Sc3[nH]c(=O)sc3[C@@H]2c2cc(Cl)ccc2OCC(=O)Nc2ccc(Cl)cc2)cc1. The van der Waals surface area contributed by atoms with E-state index in [1.165, 1.54) is 4.90 Å². The summed E-state index contributed by atoms with van der Waals surface area (Å²) in [5, 5.41) is 4.65. The summed E-state index contributed by atoms with van der Waals surface area (Å²) < 4.78 is 6.15. The molecule has 6 unspecified atom stereocenters. The van der Waals surface area contributed by atoms with Crippen molar-refractivity contribution < 1.29 is 19.1 Å². The van der Waals surface area contributed by atoms with E-state index in [9.17, 15) is 19.2 Å². The summed E-state index contributed by atoms with van der Waals surface area (Å²) >= 11 is 15.3. The van der Waals surface area contributed by atoms with E-state index in [0.29, 0.717) is 27.2 Å². The summed E-state index contributed by atoms with van der Waals surface area (Å²) in [5.41, 5.74) is 3.01. The molecule has 1 aromatic heterocycles. The number of hydrogen-bond donors (Lipinski definition) is 2. The van der Waals surface area contributed by atoms with Gasteiger partial charge in [0.15, 0.2) is 6.61 Å². The van der Waals surface area contributed by atoms with Crippen molar-refractivity contribution in [3.05, 3.63) is 102 Å². The van der Waals surface area contributed by atoms with Crippen LogP contribution in [0, 0.1) is 36.5 Å². The van der Waals surface area contributed by atoms with Crippen molar-refractivity contribution >= 4 is 75.4 Å². The van der Waals surface area contributed by atoms with Crippen molar-refractivity contribution in [3.8, 4) is 5.75 Å². The van der Waals surface area contributed by atoms with Gasteiger partial charge in [0, 0.05) is 37.3 Å². The number of anilines is 2. The molecule has 2 saturated carbocycles. The van der Waals surface area contributed by atoms with Gasteiger partial charge in [0.2, 0.25) is 11.8 Å². The van der Waals surface area contributed by atoms with Crippen molar-refractivity contribution in [2.75, 3.05) is 16.8 Å². The highest BCUT2D eigenvalue weighted by molar-refractivity contribution is 8.00. The first-order valence-electron chi connectivity index (χ1n) is 15.0. The number of carbonyl (C=O) groups excluding carboxylic acids is 3. The number of imide groups is 1. The standard InChI is InChI=1S/C34H27Cl2N3O5S2/c1-15-2-9-19(10-3-15)39-32(41)27-21-13-22(28(27)33(39)42)29-26(21)25(30-31(45-29)38-34(43)46-30)20-12-17(36)6-11-23(20)44-14-24(40)37-18-7-4-16(35)5-8-18/h2-12,21-22,25-29H,13-14H2,1H3,(H,37,40)(H,38,43)/t21?,22?,25-,26?,27?,28?,29?/m1/s1. The molecule has 7 atom stereocenters. The average Bonchev–Trinajstić information content (AvgIpc) is 3.77. The molecule has 8 rings (SSSR count). The molecule has 46 heavy (non-hydrogen) atoms. The molecule has 2 aliphatic heterocycles. The predicted molar refractivity (Wildman–Crippen MR) is 179 cm³/mol. The van der Waals surface area contributed by atoms with E-state index in [1.54, 1.807) is 48.2 Å². The van der Waals surface area contributed by atoms with Crippen LogP contribution in [0.4, 0.5) is 11.4 Å². The van der Waals surface area contributed by atoms with Gasteiger partial charge in [-0.3, -0.25) is 24.1 Å². The monoisotopic (exact) mass is 691 g/mol. The minimum Gasteiger partial charge on any atom is -0.483 e. The van der Waals surface area contributed by atoms with Crippen molar-refractivity contribution in [2.45, 2.75) is 29.5 Å². The van der Waals surface area contributed by atoms with Crippen molar-refractivity contribution in [1.29, 1.82) is 0 Å². The lowest BCUT2D eigenvalue weighted by molar-refractivity contribution is -0.123. The van der Waals surface area contributed by atoms with E-state index in [-0.39, 0.29) is 58.1 Å². The largest absolute Gasteiger partial charge is 0.483 e. The number of fused-ring (bicyclic) bond motifs is 9. The van der Waals surface area contributed by atoms with Gasteiger partial charge in [0.25, 0.3) is 5.91 Å². The number of halogens is 2. The van der Waals surface area contributed by atoms with Gasteiger partial charge in [-0.05, 0) is 85.7 Å². The van der Waals surface area contributed by atoms with Crippen LogP contribution in [-0.4, -0.2) is 34.6 Å². The fourth-order valence-electron chi connectivity index (χ4n) is 8.08. The minimum absolute atomic E-state index is 0.00347. The Bertz CT molecular complexity index is 1960. The van der Waals surface area contributed by atoms with Crippen LogP contribution in [0.25, 0.3) is 0 Å². The Morgan fingerprint density at radius 1 is 0.957 bits per heavy atom. The molecule has 8 nitrogen and oxygen atoms in total. The Balaban J connectivity index is 1.14. The Morgan fingerprint density at radius 2 is 1.65 bits per heavy atom. The number of benzene rings is 3. The van der Waals surface area contributed by atoms with Crippen LogP contribution in [0.15, 0.2) is 76.6 Å². The number of amides is 3.